The molecule has 0 amide bonds. The van der Waals surface area contributed by atoms with Gasteiger partial charge in [-0.25, -0.2) is 0 Å². The van der Waals surface area contributed by atoms with E-state index in [4.69, 9.17) is 28.4 Å². The number of allylic oxidation sites excluding steroid dienone is 10. The SMILES string of the molecule is CC/C=C\C/C=C\C/C=C\CCCCCCCCOCC(COC1OC(COC2OC(CO)C(O)C(O)C2O)C(O)C(O)C1O)OC(=O)CCCCCCC/C=C\C/C=C\CCCCC. The van der Waals surface area contributed by atoms with Crippen LogP contribution in [-0.2, 0) is 33.2 Å². The zero-order valence-electron chi connectivity index (χ0n) is 39.7. The zero-order chi connectivity index (χ0) is 47.3. The predicted octanol–water partition coefficient (Wildman–Crippen LogP) is 6.96. The van der Waals surface area contributed by atoms with Crippen molar-refractivity contribution in [1.82, 2.24) is 0 Å². The van der Waals surface area contributed by atoms with Gasteiger partial charge in [-0.3, -0.25) is 4.79 Å². The molecule has 0 bridgehead atoms. The number of rotatable bonds is 38. The number of carbonyl (C=O) groups is 1. The van der Waals surface area contributed by atoms with E-state index in [-0.39, 0.29) is 19.6 Å². The van der Waals surface area contributed by atoms with E-state index in [9.17, 15) is 40.5 Å². The van der Waals surface area contributed by atoms with Crippen LogP contribution in [-0.4, -0.2) is 142 Å². The van der Waals surface area contributed by atoms with Crippen LogP contribution in [0.4, 0.5) is 0 Å². The minimum Gasteiger partial charge on any atom is -0.457 e. The van der Waals surface area contributed by atoms with Crippen molar-refractivity contribution in [3.63, 3.8) is 0 Å². The van der Waals surface area contributed by atoms with E-state index in [2.05, 4.69) is 74.6 Å². The van der Waals surface area contributed by atoms with E-state index < -0.39 is 86.7 Å². The molecule has 2 rings (SSSR count). The zero-order valence-corrected chi connectivity index (χ0v) is 39.7. The molecule has 14 heteroatoms. The van der Waals surface area contributed by atoms with E-state index in [0.29, 0.717) is 13.0 Å². The van der Waals surface area contributed by atoms with Crippen LogP contribution in [0.5, 0.6) is 0 Å². The Balaban J connectivity index is 1.80. The maximum Gasteiger partial charge on any atom is 0.306 e. The summed E-state index contributed by atoms with van der Waals surface area (Å²) in [6, 6.07) is 0. The van der Waals surface area contributed by atoms with Crippen LogP contribution in [0, 0.1) is 0 Å². The van der Waals surface area contributed by atoms with Gasteiger partial charge in [-0.2, -0.15) is 0 Å². The molecule has 0 aliphatic carbocycles. The van der Waals surface area contributed by atoms with Gasteiger partial charge < -0.3 is 64.2 Å². The van der Waals surface area contributed by atoms with Crippen LogP contribution in [0.1, 0.15) is 155 Å². The van der Waals surface area contributed by atoms with Gasteiger partial charge in [0.25, 0.3) is 0 Å². The summed E-state index contributed by atoms with van der Waals surface area (Å²) in [5, 5.41) is 72.1. The first-order chi connectivity index (χ1) is 31.6. The van der Waals surface area contributed by atoms with Crippen molar-refractivity contribution < 1.29 is 69.0 Å². The van der Waals surface area contributed by atoms with E-state index >= 15 is 0 Å². The van der Waals surface area contributed by atoms with Gasteiger partial charge in [0.1, 0.15) is 54.9 Å². The van der Waals surface area contributed by atoms with Crippen molar-refractivity contribution in [2.75, 3.05) is 33.0 Å². The molecule has 2 fully saturated rings. The monoisotopic (exact) mass is 925 g/mol. The van der Waals surface area contributed by atoms with Crippen LogP contribution in [0.15, 0.2) is 60.8 Å². The third kappa shape index (κ3) is 26.7. The molecule has 11 atom stereocenters. The first-order valence-electron chi connectivity index (χ1n) is 24.9. The lowest BCUT2D eigenvalue weighted by Crippen LogP contribution is -2.61. The van der Waals surface area contributed by atoms with Crippen molar-refractivity contribution in [2.45, 2.75) is 223 Å². The normalized spacial score (nSPS) is 27.0. The minimum absolute atomic E-state index is 0.0442. The Kier molecular flexibility index (Phi) is 35.0. The Morgan fingerprint density at radius 2 is 1.00 bits per heavy atom. The second-order valence-electron chi connectivity index (χ2n) is 17.3. The molecule has 0 spiro atoms. The molecule has 2 saturated heterocycles. The van der Waals surface area contributed by atoms with Gasteiger partial charge in [0, 0.05) is 13.0 Å². The minimum atomic E-state index is -1.71. The van der Waals surface area contributed by atoms with Gasteiger partial charge >= 0.3 is 5.97 Å². The number of aliphatic hydroxyl groups is 7. The summed E-state index contributed by atoms with van der Waals surface area (Å²) >= 11 is 0. The first kappa shape index (κ1) is 58.8. The van der Waals surface area contributed by atoms with Gasteiger partial charge in [0.2, 0.25) is 0 Å². The maximum atomic E-state index is 13.0. The molecule has 65 heavy (non-hydrogen) atoms. The van der Waals surface area contributed by atoms with Gasteiger partial charge in [0.15, 0.2) is 12.6 Å². The average molecular weight is 925 g/mol. The summed E-state index contributed by atoms with van der Waals surface area (Å²) in [6.45, 7) is 3.48. The Labute approximate surface area is 390 Å². The molecular formula is C51H88O14. The van der Waals surface area contributed by atoms with E-state index in [0.717, 1.165) is 96.3 Å². The molecular weight excluding hydrogens is 837 g/mol. The summed E-state index contributed by atoms with van der Waals surface area (Å²) in [5.74, 6) is -0.398. The number of unbranched alkanes of at least 4 members (excludes halogenated alkanes) is 14. The molecule has 11 unspecified atom stereocenters. The number of aliphatic hydroxyl groups excluding tert-OH is 7. The highest BCUT2D eigenvalue weighted by Gasteiger charge is 2.47. The Morgan fingerprint density at radius 1 is 0.523 bits per heavy atom. The predicted molar refractivity (Wildman–Crippen MR) is 252 cm³/mol. The van der Waals surface area contributed by atoms with Crippen LogP contribution in [0.25, 0.3) is 0 Å². The lowest BCUT2D eigenvalue weighted by Gasteiger charge is -2.42. The Hall–Kier alpha value is -2.31. The molecule has 0 aromatic rings. The quantitative estimate of drug-likeness (QED) is 0.0190. The summed E-state index contributed by atoms with van der Waals surface area (Å²) < 4.78 is 34.2. The largest absolute Gasteiger partial charge is 0.457 e. The summed E-state index contributed by atoms with van der Waals surface area (Å²) in [4.78, 5) is 13.0. The summed E-state index contributed by atoms with van der Waals surface area (Å²) in [5.41, 5.74) is 0. The topological polar surface area (TPSA) is 214 Å². The molecule has 0 aromatic carbocycles. The van der Waals surface area contributed by atoms with Crippen LogP contribution in [0.3, 0.4) is 0 Å². The van der Waals surface area contributed by atoms with Crippen LogP contribution in [0.2, 0.25) is 0 Å². The molecule has 0 aromatic heterocycles. The van der Waals surface area contributed by atoms with E-state index in [1.807, 2.05) is 0 Å². The average Bonchev–Trinajstić information content (AvgIpc) is 3.30. The fourth-order valence-electron chi connectivity index (χ4n) is 7.45. The number of esters is 1. The lowest BCUT2D eigenvalue weighted by molar-refractivity contribution is -0.332. The van der Waals surface area contributed by atoms with Crippen molar-refractivity contribution in [1.29, 1.82) is 0 Å². The molecule has 2 heterocycles. The highest BCUT2D eigenvalue weighted by Crippen LogP contribution is 2.26. The fraction of sp³-hybridized carbons (Fsp3) is 0.784. The molecule has 14 nitrogen and oxygen atoms in total. The molecule has 2 aliphatic rings. The van der Waals surface area contributed by atoms with E-state index in [1.54, 1.807) is 0 Å². The van der Waals surface area contributed by atoms with Gasteiger partial charge in [-0.05, 0) is 77.0 Å². The smallest absolute Gasteiger partial charge is 0.306 e. The highest BCUT2D eigenvalue weighted by atomic mass is 16.7. The number of hydrogen-bond acceptors (Lipinski definition) is 14. The highest BCUT2D eigenvalue weighted by molar-refractivity contribution is 5.69. The van der Waals surface area contributed by atoms with Gasteiger partial charge in [-0.15, -0.1) is 0 Å². The lowest BCUT2D eigenvalue weighted by atomic mass is 9.98. The summed E-state index contributed by atoms with van der Waals surface area (Å²) in [6.07, 6.45) is 28.5. The first-order valence-corrected chi connectivity index (χ1v) is 24.9. The van der Waals surface area contributed by atoms with Crippen molar-refractivity contribution in [2.24, 2.45) is 0 Å². The van der Waals surface area contributed by atoms with Crippen LogP contribution < -0.4 is 0 Å². The third-order valence-corrected chi connectivity index (χ3v) is 11.5. The van der Waals surface area contributed by atoms with Crippen LogP contribution >= 0.6 is 0 Å². The Bertz CT molecular complexity index is 1300. The number of hydrogen-bond donors (Lipinski definition) is 7. The van der Waals surface area contributed by atoms with Crippen molar-refractivity contribution >= 4 is 5.97 Å². The third-order valence-electron chi connectivity index (χ3n) is 11.5. The van der Waals surface area contributed by atoms with Crippen molar-refractivity contribution in [3.8, 4) is 0 Å². The molecule has 0 saturated carbocycles. The fourth-order valence-corrected chi connectivity index (χ4v) is 7.45. The van der Waals surface area contributed by atoms with Crippen molar-refractivity contribution in [3.05, 3.63) is 60.8 Å². The molecule has 0 radical (unpaired) electrons. The molecule has 7 N–H and O–H groups in total. The van der Waals surface area contributed by atoms with E-state index in [1.165, 1.54) is 32.1 Å². The second kappa shape index (κ2) is 38.6. The molecule has 2 aliphatic heterocycles. The van der Waals surface area contributed by atoms with Gasteiger partial charge in [0.05, 0.1) is 26.4 Å². The maximum absolute atomic E-state index is 13.0. The molecule has 376 valence electrons. The Morgan fingerprint density at radius 3 is 1.57 bits per heavy atom. The number of carbonyl (C=O) groups excluding carboxylic acids is 1. The van der Waals surface area contributed by atoms with Gasteiger partial charge in [-0.1, -0.05) is 132 Å². The number of ether oxygens (including phenoxy) is 6. The second-order valence-corrected chi connectivity index (χ2v) is 17.3. The summed E-state index contributed by atoms with van der Waals surface area (Å²) in [7, 11) is 0. The standard InChI is InChI=1S/C51H88O14/c1-3-5-7-9-11-13-15-17-19-21-23-25-27-29-31-33-35-60-37-40(63-43(53)34-32-30-28-26-24-22-20-18-16-14-12-10-8-6-4-2)38-61-50-49(59)47(57)45(55)42(65-50)39-62-51-48(58)46(56)44(54)41(36-52)64-51/h5,7,11-14,17-20,40-42,44-52,54-59H,3-4,6,8-10,15-16,21-39H2,1-2H3/b7-5-,13-11-,14-12-,19-17-,20-18-.